The number of aromatic nitrogens is 3. The first kappa shape index (κ1) is 18.6. The summed E-state index contributed by atoms with van der Waals surface area (Å²) in [4.78, 5) is 20.2. The number of aryl methyl sites for hydroxylation is 3. The largest absolute Gasteiger partial charge is 0.492 e. The Labute approximate surface area is 157 Å². The average molecular weight is 366 g/mol. The van der Waals surface area contributed by atoms with Gasteiger partial charge in [0.25, 0.3) is 0 Å². The normalized spacial score (nSPS) is 10.6. The Bertz CT molecular complexity index is 873. The van der Waals surface area contributed by atoms with Crippen LogP contribution in [0.25, 0.3) is 11.4 Å². The molecule has 27 heavy (non-hydrogen) atoms. The van der Waals surface area contributed by atoms with Crippen molar-refractivity contribution in [3.8, 4) is 17.1 Å². The van der Waals surface area contributed by atoms with Crippen molar-refractivity contribution in [3.63, 3.8) is 0 Å². The molecule has 0 saturated heterocycles. The van der Waals surface area contributed by atoms with Gasteiger partial charge >= 0.3 is 0 Å². The number of hydrogen-bond acceptors (Lipinski definition) is 6. The number of nitrogens with zero attached hydrogens (tertiary/aromatic N) is 3. The zero-order valence-electron chi connectivity index (χ0n) is 15.4. The quantitative estimate of drug-likeness (QED) is 0.617. The molecule has 3 aromatic rings. The van der Waals surface area contributed by atoms with Crippen LogP contribution in [0.3, 0.4) is 0 Å². The Hall–Kier alpha value is -3.22. The summed E-state index contributed by atoms with van der Waals surface area (Å²) in [7, 11) is 0. The van der Waals surface area contributed by atoms with Crippen molar-refractivity contribution >= 4 is 5.91 Å². The summed E-state index contributed by atoms with van der Waals surface area (Å²) in [6.07, 6.45) is 4.00. The lowest BCUT2D eigenvalue weighted by molar-refractivity contribution is -0.121. The van der Waals surface area contributed by atoms with E-state index in [1.54, 1.807) is 18.5 Å². The van der Waals surface area contributed by atoms with E-state index in [2.05, 4.69) is 26.5 Å². The van der Waals surface area contributed by atoms with Crippen LogP contribution < -0.4 is 10.1 Å². The minimum Gasteiger partial charge on any atom is -0.492 e. The number of carbonyl (C=O) groups excluding carboxylic acids is 1. The van der Waals surface area contributed by atoms with Gasteiger partial charge in [-0.25, -0.2) is 0 Å². The monoisotopic (exact) mass is 366 g/mol. The number of pyridine rings is 1. The van der Waals surface area contributed by atoms with Crippen LogP contribution in [0.15, 0.2) is 47.2 Å². The molecule has 2 aromatic heterocycles. The van der Waals surface area contributed by atoms with Crippen molar-refractivity contribution in [1.29, 1.82) is 0 Å². The van der Waals surface area contributed by atoms with Crippen molar-refractivity contribution in [2.45, 2.75) is 26.7 Å². The van der Waals surface area contributed by atoms with Gasteiger partial charge in [0.2, 0.25) is 17.6 Å². The topological polar surface area (TPSA) is 90.1 Å². The highest BCUT2D eigenvalue weighted by atomic mass is 16.5. The lowest BCUT2D eigenvalue weighted by Gasteiger charge is -2.09. The third-order valence-electron chi connectivity index (χ3n) is 3.84. The predicted molar refractivity (Wildman–Crippen MR) is 100 cm³/mol. The molecule has 2 heterocycles. The fourth-order valence-corrected chi connectivity index (χ4v) is 2.65. The number of rotatable bonds is 8. The Morgan fingerprint density at radius 3 is 2.78 bits per heavy atom. The lowest BCUT2D eigenvalue weighted by Crippen LogP contribution is -2.28. The zero-order valence-corrected chi connectivity index (χ0v) is 15.4. The van der Waals surface area contributed by atoms with Crippen LogP contribution in [0.2, 0.25) is 0 Å². The van der Waals surface area contributed by atoms with Crippen molar-refractivity contribution in [1.82, 2.24) is 20.4 Å². The van der Waals surface area contributed by atoms with Crippen molar-refractivity contribution < 1.29 is 14.1 Å². The SMILES string of the molecule is Cc1cc(C)cc(OCCNC(=O)CCc2nc(-c3cccnc3)no2)c1. The molecule has 1 N–H and O–H groups in total. The number of carbonyl (C=O) groups is 1. The molecular weight excluding hydrogens is 344 g/mol. The van der Waals surface area contributed by atoms with Gasteiger partial charge in [-0.05, 0) is 49.2 Å². The molecule has 0 atom stereocenters. The number of benzene rings is 1. The molecular formula is C20H22N4O3. The maximum Gasteiger partial charge on any atom is 0.227 e. The van der Waals surface area contributed by atoms with E-state index >= 15 is 0 Å². The second kappa shape index (κ2) is 8.93. The van der Waals surface area contributed by atoms with E-state index in [1.807, 2.05) is 32.0 Å². The van der Waals surface area contributed by atoms with Crippen molar-refractivity contribution in [2.24, 2.45) is 0 Å². The summed E-state index contributed by atoms with van der Waals surface area (Å²) in [5.41, 5.74) is 3.08. The summed E-state index contributed by atoms with van der Waals surface area (Å²) in [6, 6.07) is 9.70. The van der Waals surface area contributed by atoms with Crippen LogP contribution in [-0.2, 0) is 11.2 Å². The number of ether oxygens (including phenoxy) is 1. The van der Waals surface area contributed by atoms with Gasteiger partial charge in [-0.2, -0.15) is 4.98 Å². The minimum absolute atomic E-state index is 0.0832. The van der Waals surface area contributed by atoms with E-state index in [0.29, 0.717) is 31.3 Å². The minimum atomic E-state index is -0.0832. The highest BCUT2D eigenvalue weighted by molar-refractivity contribution is 5.76. The van der Waals surface area contributed by atoms with E-state index in [1.165, 1.54) is 0 Å². The summed E-state index contributed by atoms with van der Waals surface area (Å²) in [6.45, 7) is 4.91. The molecule has 0 spiro atoms. The molecule has 0 radical (unpaired) electrons. The van der Waals surface area contributed by atoms with Gasteiger partial charge in [-0.3, -0.25) is 9.78 Å². The Balaban J connectivity index is 1.38. The predicted octanol–water partition coefficient (Wildman–Crippen LogP) is 2.88. The van der Waals surface area contributed by atoms with Gasteiger partial charge in [0.1, 0.15) is 12.4 Å². The Morgan fingerprint density at radius 1 is 1.22 bits per heavy atom. The van der Waals surface area contributed by atoms with E-state index in [-0.39, 0.29) is 12.3 Å². The van der Waals surface area contributed by atoms with Gasteiger partial charge in [-0.15, -0.1) is 0 Å². The van der Waals surface area contributed by atoms with Crippen LogP contribution >= 0.6 is 0 Å². The van der Waals surface area contributed by atoms with Crippen LogP contribution in [0, 0.1) is 13.8 Å². The number of amides is 1. The van der Waals surface area contributed by atoms with Gasteiger partial charge in [0.05, 0.1) is 6.54 Å². The second-order valence-electron chi connectivity index (χ2n) is 6.28. The van der Waals surface area contributed by atoms with Crippen LogP contribution in [0.5, 0.6) is 5.75 Å². The first-order valence-electron chi connectivity index (χ1n) is 8.81. The molecule has 0 aliphatic heterocycles. The van der Waals surface area contributed by atoms with Gasteiger partial charge in [0.15, 0.2) is 0 Å². The van der Waals surface area contributed by atoms with Crippen molar-refractivity contribution in [2.75, 3.05) is 13.2 Å². The molecule has 7 heteroatoms. The first-order valence-corrected chi connectivity index (χ1v) is 8.81. The molecule has 0 bridgehead atoms. The molecule has 0 unspecified atom stereocenters. The molecule has 0 aliphatic rings. The summed E-state index contributed by atoms with van der Waals surface area (Å²) in [5, 5.41) is 6.74. The highest BCUT2D eigenvalue weighted by Gasteiger charge is 2.10. The average Bonchev–Trinajstić information content (AvgIpc) is 3.13. The van der Waals surface area contributed by atoms with E-state index < -0.39 is 0 Å². The van der Waals surface area contributed by atoms with Gasteiger partial charge in [0, 0.05) is 30.8 Å². The molecule has 0 fully saturated rings. The van der Waals surface area contributed by atoms with Crippen molar-refractivity contribution in [3.05, 3.63) is 59.7 Å². The maximum absolute atomic E-state index is 11.9. The molecule has 140 valence electrons. The molecule has 3 rings (SSSR count). The van der Waals surface area contributed by atoms with Crippen LogP contribution in [0.4, 0.5) is 0 Å². The molecule has 0 aliphatic carbocycles. The standard InChI is InChI=1S/C20H22N4O3/c1-14-10-15(2)12-17(11-14)26-9-8-22-18(25)5-6-19-23-20(24-27-19)16-4-3-7-21-13-16/h3-4,7,10-13H,5-6,8-9H2,1-2H3,(H,22,25). The summed E-state index contributed by atoms with van der Waals surface area (Å²) >= 11 is 0. The molecule has 7 nitrogen and oxygen atoms in total. The third kappa shape index (κ3) is 5.64. The molecule has 1 aromatic carbocycles. The second-order valence-corrected chi connectivity index (χ2v) is 6.28. The first-order chi connectivity index (χ1) is 13.1. The zero-order chi connectivity index (χ0) is 19.1. The third-order valence-corrected chi connectivity index (χ3v) is 3.84. The summed E-state index contributed by atoms with van der Waals surface area (Å²) in [5.74, 6) is 1.63. The van der Waals surface area contributed by atoms with E-state index in [4.69, 9.17) is 9.26 Å². The number of hydrogen-bond donors (Lipinski definition) is 1. The van der Waals surface area contributed by atoms with E-state index in [0.717, 1.165) is 22.4 Å². The number of nitrogens with one attached hydrogen (secondary N) is 1. The summed E-state index contributed by atoms with van der Waals surface area (Å²) < 4.78 is 10.9. The maximum atomic E-state index is 11.9. The van der Waals surface area contributed by atoms with Gasteiger partial charge in [-0.1, -0.05) is 11.2 Å². The van der Waals surface area contributed by atoms with Crippen LogP contribution in [-0.4, -0.2) is 34.2 Å². The molecule has 0 saturated carbocycles. The highest BCUT2D eigenvalue weighted by Crippen LogP contribution is 2.16. The lowest BCUT2D eigenvalue weighted by atomic mass is 10.1. The smallest absolute Gasteiger partial charge is 0.227 e. The van der Waals surface area contributed by atoms with Crippen LogP contribution in [0.1, 0.15) is 23.4 Å². The fraction of sp³-hybridized carbons (Fsp3) is 0.300. The van der Waals surface area contributed by atoms with Gasteiger partial charge < -0.3 is 14.6 Å². The molecule has 1 amide bonds. The Kier molecular flexibility index (Phi) is 6.14. The Morgan fingerprint density at radius 2 is 2.04 bits per heavy atom. The fourth-order valence-electron chi connectivity index (χ4n) is 2.65. The van der Waals surface area contributed by atoms with E-state index in [9.17, 15) is 4.79 Å².